The number of hydrogen-bond acceptors (Lipinski definition) is 0. The van der Waals surface area contributed by atoms with Gasteiger partial charge in [-0.25, -0.2) is 0 Å². The van der Waals surface area contributed by atoms with Gasteiger partial charge in [0.1, 0.15) is 0 Å². The summed E-state index contributed by atoms with van der Waals surface area (Å²) in [4.78, 5) is 0. The van der Waals surface area contributed by atoms with Crippen molar-refractivity contribution in [2.24, 2.45) is 0 Å². The third kappa shape index (κ3) is 8.86. The summed E-state index contributed by atoms with van der Waals surface area (Å²) in [7, 11) is 0. The summed E-state index contributed by atoms with van der Waals surface area (Å²) >= 11 is 0. The maximum atomic E-state index is 0. The van der Waals surface area contributed by atoms with Crippen LogP contribution in [-0.4, -0.2) is 66.3 Å². The summed E-state index contributed by atoms with van der Waals surface area (Å²) in [5, 5.41) is 0. The number of rotatable bonds is 0. The van der Waals surface area contributed by atoms with Gasteiger partial charge in [-0.05, 0) is 0 Å². The van der Waals surface area contributed by atoms with Gasteiger partial charge in [0.05, 0.1) is 0 Å². The molecule has 0 amide bonds. The summed E-state index contributed by atoms with van der Waals surface area (Å²) in [6.45, 7) is 0. The van der Waals surface area contributed by atoms with E-state index < -0.39 is 0 Å². The van der Waals surface area contributed by atoms with E-state index in [4.69, 9.17) is 0 Å². The van der Waals surface area contributed by atoms with Gasteiger partial charge in [-0.3, -0.25) is 0 Å². The van der Waals surface area contributed by atoms with Crippen LogP contribution in [0.3, 0.4) is 0 Å². The van der Waals surface area contributed by atoms with Crippen molar-refractivity contribution in [1.82, 2.24) is 0 Å². The Morgan fingerprint density at radius 3 is 1.00 bits per heavy atom. The first-order valence-electron chi connectivity index (χ1n) is 0. The molecule has 0 aromatic heterocycles. The van der Waals surface area contributed by atoms with Crippen LogP contribution >= 0.6 is 12.4 Å². The van der Waals surface area contributed by atoms with Gasteiger partial charge >= 0.3 is 60.8 Å². The second-order valence-corrected chi connectivity index (χ2v) is 0. The molecule has 0 aromatic rings. The Hall–Kier alpha value is 2.28. The van der Waals surface area contributed by atoms with Crippen molar-refractivity contribution >= 4 is 73.2 Å². The van der Waals surface area contributed by atoms with Crippen LogP contribution < -0.4 is 0 Å². The minimum absolute atomic E-state index is 0. The Morgan fingerprint density at radius 1 is 1.00 bits per heavy atom. The van der Waals surface area contributed by atoms with Crippen molar-refractivity contribution in [2.45, 2.75) is 0 Å². The summed E-state index contributed by atoms with van der Waals surface area (Å²) in [5.74, 6) is 0. The van der Waals surface area contributed by atoms with Crippen molar-refractivity contribution in [3.63, 3.8) is 0 Å². The maximum absolute atomic E-state index is 0. The molecule has 0 atom stereocenters. The molecular formula is H7CaClMgO. The predicted molar refractivity (Wildman–Crippen MR) is 27.9 cm³/mol. The second kappa shape index (κ2) is 18.6. The first kappa shape index (κ1) is 33.7. The van der Waals surface area contributed by atoms with Gasteiger partial charge in [-0.15, -0.1) is 12.4 Å². The van der Waals surface area contributed by atoms with E-state index in [-0.39, 0.29) is 78.7 Å². The van der Waals surface area contributed by atoms with E-state index in [0.29, 0.717) is 0 Å². The molecule has 4 heteroatoms. The second-order valence-electron chi connectivity index (χ2n) is 0. The third-order valence-electron chi connectivity index (χ3n) is 0. The Morgan fingerprint density at radius 2 is 1.00 bits per heavy atom. The minimum Gasteiger partial charge on any atom is 0.316 e. The van der Waals surface area contributed by atoms with Crippen LogP contribution in [0.15, 0.2) is 0 Å². The molecule has 0 spiro atoms. The smallest absolute Gasteiger partial charge is 0.316 e. The Labute approximate surface area is 77.4 Å². The molecule has 0 fully saturated rings. The Bertz CT molecular complexity index is 8.00. The van der Waals surface area contributed by atoms with Gasteiger partial charge < -0.3 is 5.48 Å². The molecule has 0 aliphatic rings. The van der Waals surface area contributed by atoms with Crippen LogP contribution in [0.1, 0.15) is 0 Å². The van der Waals surface area contributed by atoms with Gasteiger partial charge in [0.2, 0.25) is 0 Å². The van der Waals surface area contributed by atoms with Gasteiger partial charge in [0, 0.05) is 0 Å². The monoisotopic (exact) mass is 122 g/mol. The number of hydrogen-bond donors (Lipinski definition) is 0. The zero-order valence-electron chi connectivity index (χ0n) is 0.908. The van der Waals surface area contributed by atoms with Crippen molar-refractivity contribution in [2.75, 3.05) is 0 Å². The summed E-state index contributed by atoms with van der Waals surface area (Å²) in [6, 6.07) is 0. The zero-order chi connectivity index (χ0) is 0. The summed E-state index contributed by atoms with van der Waals surface area (Å²) in [6.07, 6.45) is 0. The maximum Gasteiger partial charge on any atom is 0.316 e. The first-order chi connectivity index (χ1) is 0. The van der Waals surface area contributed by atoms with E-state index in [0.717, 1.165) is 0 Å². The molecule has 4 heavy (non-hydrogen) atoms. The molecule has 0 rings (SSSR count). The average Bonchev–Trinajstić information content (AvgIpc) is 0. The van der Waals surface area contributed by atoms with Gasteiger partial charge in [-0.1, -0.05) is 0 Å². The van der Waals surface area contributed by atoms with Crippen LogP contribution in [0, 0.1) is 0 Å². The number of halogens is 1. The molecule has 0 saturated carbocycles. The van der Waals surface area contributed by atoms with Crippen molar-refractivity contribution in [3.05, 3.63) is 0 Å². The molecule has 0 aliphatic carbocycles. The van der Waals surface area contributed by atoms with E-state index in [1.165, 1.54) is 0 Å². The first-order valence-corrected chi connectivity index (χ1v) is 0. The third-order valence-corrected chi connectivity index (χ3v) is 0. The molecule has 0 aromatic carbocycles. The Balaban J connectivity index is 0. The van der Waals surface area contributed by atoms with Gasteiger partial charge in [0.25, 0.3) is 0 Å². The van der Waals surface area contributed by atoms with Crippen LogP contribution in [0.25, 0.3) is 0 Å². The van der Waals surface area contributed by atoms with Crippen molar-refractivity contribution in [1.29, 1.82) is 0 Å². The molecule has 0 aliphatic heterocycles. The molecule has 0 saturated heterocycles. The van der Waals surface area contributed by atoms with Crippen molar-refractivity contribution < 1.29 is 5.48 Å². The largest absolute Gasteiger partial charge is 0.316 e. The van der Waals surface area contributed by atoms with E-state index in [2.05, 4.69) is 0 Å². The molecule has 2 N–H and O–H groups in total. The molecule has 0 bridgehead atoms. The van der Waals surface area contributed by atoms with E-state index in [1.807, 2.05) is 0 Å². The zero-order valence-corrected chi connectivity index (χ0v) is 1.72. The van der Waals surface area contributed by atoms with E-state index >= 15 is 0 Å². The molecule has 0 heterocycles. The molecular weight excluding hydrogens is 116 g/mol. The van der Waals surface area contributed by atoms with Gasteiger partial charge in [-0.2, -0.15) is 0 Å². The van der Waals surface area contributed by atoms with Crippen LogP contribution in [0.5, 0.6) is 0 Å². The average molecular weight is 123 g/mol. The molecule has 0 radical (unpaired) electrons. The topological polar surface area (TPSA) is 31.5 Å². The summed E-state index contributed by atoms with van der Waals surface area (Å²) < 4.78 is 0. The SMILES string of the molecule is Cl.O.[CaH2].[MgH2]. The van der Waals surface area contributed by atoms with E-state index in [1.54, 1.807) is 0 Å². The molecule has 0 unspecified atom stereocenters. The normalized spacial score (nSPS) is 0. The van der Waals surface area contributed by atoms with Crippen LogP contribution in [0.2, 0.25) is 0 Å². The molecule has 1 nitrogen and oxygen atoms in total. The van der Waals surface area contributed by atoms with Crippen LogP contribution in [0.4, 0.5) is 0 Å². The summed E-state index contributed by atoms with van der Waals surface area (Å²) in [5.41, 5.74) is 0. The van der Waals surface area contributed by atoms with E-state index in [9.17, 15) is 0 Å². The standard InChI is InChI=1S/Ca.ClH.Mg.H2O.4H/h;1H;;1H2;;;;. The van der Waals surface area contributed by atoms with Crippen molar-refractivity contribution in [3.8, 4) is 0 Å². The predicted octanol–water partition coefficient (Wildman–Crippen LogP) is -2.24. The van der Waals surface area contributed by atoms with Crippen LogP contribution in [-0.2, 0) is 0 Å². The minimum atomic E-state index is 0. The fourth-order valence-electron chi connectivity index (χ4n) is 0. The van der Waals surface area contributed by atoms with Gasteiger partial charge in [0.15, 0.2) is 0 Å². The fourth-order valence-corrected chi connectivity index (χ4v) is 0. The Kier molecular flexibility index (Phi) is 157. The quantitative estimate of drug-likeness (QED) is 0.326. The molecule has 24 valence electrons. The fraction of sp³-hybridized carbons (Fsp3) is 0.